The molecule has 0 bridgehead atoms. The molecule has 0 radical (unpaired) electrons. The number of fused-ring (bicyclic) bond motifs is 2. The highest BCUT2D eigenvalue weighted by atomic mass is 16.5. The molecular formula is C16H14N2O3. The molecule has 1 aromatic carbocycles. The van der Waals surface area contributed by atoms with Gasteiger partial charge < -0.3 is 9.30 Å². The SMILES string of the molecule is Cc1cc(=O)n(C)c2c3c4c(cc12)c(C)cc(=O)n4CO3. The molecule has 1 aliphatic heterocycles. The lowest BCUT2D eigenvalue weighted by atomic mass is 10.0. The van der Waals surface area contributed by atoms with E-state index in [2.05, 4.69) is 0 Å². The number of aromatic nitrogens is 2. The average Bonchev–Trinajstić information content (AvgIpc) is 2.87. The molecule has 3 heterocycles. The minimum Gasteiger partial charge on any atom is -0.468 e. The van der Waals surface area contributed by atoms with Crippen LogP contribution in [0.15, 0.2) is 27.8 Å². The Morgan fingerprint density at radius 1 is 0.952 bits per heavy atom. The van der Waals surface area contributed by atoms with Crippen molar-refractivity contribution >= 4 is 21.8 Å². The van der Waals surface area contributed by atoms with E-state index in [9.17, 15) is 9.59 Å². The van der Waals surface area contributed by atoms with Gasteiger partial charge >= 0.3 is 0 Å². The summed E-state index contributed by atoms with van der Waals surface area (Å²) in [7, 11) is 1.73. The minimum atomic E-state index is -0.0762. The second-order valence-electron chi connectivity index (χ2n) is 5.59. The third-order valence-corrected chi connectivity index (χ3v) is 4.30. The van der Waals surface area contributed by atoms with E-state index in [1.807, 2.05) is 19.9 Å². The first kappa shape index (κ1) is 12.2. The van der Waals surface area contributed by atoms with Crippen LogP contribution in [0.5, 0.6) is 5.75 Å². The van der Waals surface area contributed by atoms with Crippen molar-refractivity contribution in [1.82, 2.24) is 9.13 Å². The molecule has 106 valence electrons. The Kier molecular flexibility index (Phi) is 2.18. The third-order valence-electron chi connectivity index (χ3n) is 4.30. The standard InChI is InChI=1S/C16H14N2O3/c1-8-4-12(19)17(3)14-10(8)6-11-9(2)5-13(20)18-7-21-16(14)15(11)18/h4-6H,7H2,1-3H3. The second-order valence-corrected chi connectivity index (χ2v) is 5.59. The monoisotopic (exact) mass is 282 g/mol. The van der Waals surface area contributed by atoms with E-state index in [0.717, 1.165) is 32.9 Å². The van der Waals surface area contributed by atoms with E-state index in [-0.39, 0.29) is 17.8 Å². The summed E-state index contributed by atoms with van der Waals surface area (Å²) in [6.45, 7) is 4.04. The quantitative estimate of drug-likeness (QED) is 0.591. The van der Waals surface area contributed by atoms with Crippen molar-refractivity contribution in [2.24, 2.45) is 7.05 Å². The summed E-state index contributed by atoms with van der Waals surface area (Å²) in [6.07, 6.45) is 0. The van der Waals surface area contributed by atoms with Gasteiger partial charge in [-0.3, -0.25) is 14.2 Å². The Bertz CT molecular complexity index is 1060. The van der Waals surface area contributed by atoms with Crippen molar-refractivity contribution in [2.45, 2.75) is 20.6 Å². The van der Waals surface area contributed by atoms with E-state index < -0.39 is 0 Å². The number of hydrogen-bond donors (Lipinski definition) is 0. The van der Waals surface area contributed by atoms with Gasteiger partial charge in [0.15, 0.2) is 12.5 Å². The number of hydrogen-bond acceptors (Lipinski definition) is 3. The Morgan fingerprint density at radius 2 is 1.57 bits per heavy atom. The van der Waals surface area contributed by atoms with Crippen LogP contribution in [-0.4, -0.2) is 9.13 Å². The summed E-state index contributed by atoms with van der Waals surface area (Å²) in [5, 5.41) is 1.98. The maximum atomic E-state index is 12.1. The summed E-state index contributed by atoms with van der Waals surface area (Å²) in [5.41, 5.74) is 3.23. The molecule has 0 saturated carbocycles. The number of pyridine rings is 2. The summed E-state index contributed by atoms with van der Waals surface area (Å²) >= 11 is 0. The molecule has 21 heavy (non-hydrogen) atoms. The van der Waals surface area contributed by atoms with Crippen LogP contribution >= 0.6 is 0 Å². The van der Waals surface area contributed by atoms with Crippen LogP contribution in [0.3, 0.4) is 0 Å². The molecule has 0 fully saturated rings. The van der Waals surface area contributed by atoms with Gasteiger partial charge in [-0.05, 0) is 31.0 Å². The number of benzene rings is 1. The first-order chi connectivity index (χ1) is 9.99. The molecule has 2 aromatic heterocycles. The van der Waals surface area contributed by atoms with Gasteiger partial charge in [-0.1, -0.05) is 0 Å². The largest absolute Gasteiger partial charge is 0.468 e. The normalized spacial score (nSPS) is 13.1. The van der Waals surface area contributed by atoms with Gasteiger partial charge in [-0.2, -0.15) is 0 Å². The fourth-order valence-corrected chi connectivity index (χ4v) is 3.16. The molecule has 5 nitrogen and oxygen atoms in total. The van der Waals surface area contributed by atoms with Crippen molar-refractivity contribution in [3.63, 3.8) is 0 Å². The fourth-order valence-electron chi connectivity index (χ4n) is 3.16. The number of rotatable bonds is 0. The summed E-state index contributed by atoms with van der Waals surface area (Å²) in [4.78, 5) is 24.1. The summed E-state index contributed by atoms with van der Waals surface area (Å²) in [6, 6.07) is 5.30. The average molecular weight is 282 g/mol. The van der Waals surface area contributed by atoms with Crippen LogP contribution in [0.2, 0.25) is 0 Å². The molecular weight excluding hydrogens is 268 g/mol. The van der Waals surface area contributed by atoms with Crippen LogP contribution in [0, 0.1) is 13.8 Å². The summed E-state index contributed by atoms with van der Waals surface area (Å²) < 4.78 is 8.96. The first-order valence-corrected chi connectivity index (χ1v) is 6.79. The maximum Gasteiger partial charge on any atom is 0.254 e. The van der Waals surface area contributed by atoms with Crippen LogP contribution < -0.4 is 15.9 Å². The zero-order chi connectivity index (χ0) is 14.9. The Labute approximate surface area is 120 Å². The maximum absolute atomic E-state index is 12.1. The second kappa shape index (κ2) is 3.75. The van der Waals surface area contributed by atoms with Gasteiger partial charge in [0.05, 0.1) is 11.0 Å². The van der Waals surface area contributed by atoms with E-state index in [1.54, 1.807) is 28.3 Å². The van der Waals surface area contributed by atoms with Gasteiger partial charge in [-0.15, -0.1) is 0 Å². The molecule has 5 heteroatoms. The van der Waals surface area contributed by atoms with Crippen LogP contribution in [0.25, 0.3) is 21.8 Å². The van der Waals surface area contributed by atoms with Crippen molar-refractivity contribution in [1.29, 1.82) is 0 Å². The van der Waals surface area contributed by atoms with E-state index >= 15 is 0 Å². The molecule has 0 unspecified atom stereocenters. The molecule has 0 spiro atoms. The number of ether oxygens (including phenoxy) is 1. The highest BCUT2D eigenvalue weighted by Crippen LogP contribution is 2.38. The van der Waals surface area contributed by atoms with Gasteiger partial charge in [0.2, 0.25) is 0 Å². The molecule has 0 saturated heterocycles. The highest BCUT2D eigenvalue weighted by molar-refractivity contribution is 6.04. The lowest BCUT2D eigenvalue weighted by molar-refractivity contribution is 0.268. The predicted octanol–water partition coefficient (Wildman–Crippen LogP) is 1.82. The number of nitrogens with zero attached hydrogens (tertiary/aromatic N) is 2. The Hall–Kier alpha value is -2.56. The fraction of sp³-hybridized carbons (Fsp3) is 0.250. The zero-order valence-corrected chi connectivity index (χ0v) is 12.1. The van der Waals surface area contributed by atoms with E-state index in [4.69, 9.17) is 4.74 Å². The van der Waals surface area contributed by atoms with Crippen molar-refractivity contribution in [3.05, 3.63) is 50.0 Å². The van der Waals surface area contributed by atoms with Crippen molar-refractivity contribution < 1.29 is 4.74 Å². The lowest BCUT2D eigenvalue weighted by Crippen LogP contribution is -2.18. The van der Waals surface area contributed by atoms with Crippen LogP contribution in [0.4, 0.5) is 0 Å². The first-order valence-electron chi connectivity index (χ1n) is 6.79. The molecule has 0 amide bonds. The van der Waals surface area contributed by atoms with E-state index in [1.165, 1.54) is 0 Å². The van der Waals surface area contributed by atoms with Crippen LogP contribution in [0.1, 0.15) is 11.1 Å². The molecule has 1 aliphatic rings. The molecule has 0 atom stereocenters. The van der Waals surface area contributed by atoms with Gasteiger partial charge in [0.1, 0.15) is 0 Å². The third kappa shape index (κ3) is 1.40. The zero-order valence-electron chi connectivity index (χ0n) is 12.1. The topological polar surface area (TPSA) is 53.2 Å². The molecule has 0 N–H and O–H groups in total. The molecule has 0 aliphatic carbocycles. The van der Waals surface area contributed by atoms with Gasteiger partial charge in [0, 0.05) is 30.0 Å². The predicted molar refractivity (Wildman–Crippen MR) is 81.1 cm³/mol. The Morgan fingerprint density at radius 3 is 2.29 bits per heavy atom. The molecule has 3 aromatic rings. The minimum absolute atomic E-state index is 0.0734. The highest BCUT2D eigenvalue weighted by Gasteiger charge is 2.23. The molecule has 4 rings (SSSR count). The van der Waals surface area contributed by atoms with Gasteiger partial charge in [-0.25, -0.2) is 0 Å². The number of aryl methyl sites for hydroxylation is 3. The van der Waals surface area contributed by atoms with Crippen molar-refractivity contribution in [2.75, 3.05) is 0 Å². The van der Waals surface area contributed by atoms with E-state index in [0.29, 0.717) is 5.75 Å². The van der Waals surface area contributed by atoms with Crippen LogP contribution in [-0.2, 0) is 13.8 Å². The van der Waals surface area contributed by atoms with Crippen molar-refractivity contribution in [3.8, 4) is 5.75 Å². The van der Waals surface area contributed by atoms with Gasteiger partial charge in [0.25, 0.3) is 11.1 Å². The lowest BCUT2D eigenvalue weighted by Gasteiger charge is -2.12. The smallest absolute Gasteiger partial charge is 0.254 e. The summed E-state index contributed by atoms with van der Waals surface area (Å²) in [5.74, 6) is 0.631. The Balaban J connectivity index is 2.41.